The van der Waals surface area contributed by atoms with Gasteiger partial charge in [0, 0.05) is 17.5 Å². The predicted molar refractivity (Wildman–Crippen MR) is 92.5 cm³/mol. The molecule has 1 unspecified atom stereocenters. The second-order valence-corrected chi connectivity index (χ2v) is 6.26. The first-order valence-electron chi connectivity index (χ1n) is 7.48. The van der Waals surface area contributed by atoms with Crippen molar-refractivity contribution in [2.45, 2.75) is 33.1 Å². The lowest BCUT2D eigenvalue weighted by molar-refractivity contribution is 0.623. The summed E-state index contributed by atoms with van der Waals surface area (Å²) in [5.74, 6) is 0.392. The zero-order valence-corrected chi connectivity index (χ0v) is 14.1. The summed E-state index contributed by atoms with van der Waals surface area (Å²) < 4.78 is 0. The van der Waals surface area contributed by atoms with Gasteiger partial charge in [0.15, 0.2) is 0 Å². The van der Waals surface area contributed by atoms with Gasteiger partial charge in [0.2, 0.25) is 0 Å². The standard InChI is InChI=1S/C19H24ClN/c1-13-9-14(2)18(15(3)10-13)11-16(12-21-4)17-7-5-6-8-19(17)20/h5-10,16,21H,11-12H2,1-4H3. The number of rotatable bonds is 5. The predicted octanol–water partition coefficient (Wildman–Crippen LogP) is 4.81. The van der Waals surface area contributed by atoms with Crippen LogP contribution in [0.15, 0.2) is 36.4 Å². The summed E-state index contributed by atoms with van der Waals surface area (Å²) >= 11 is 6.40. The number of likely N-dealkylation sites (N-methyl/N-ethyl adjacent to an activating group) is 1. The van der Waals surface area contributed by atoms with E-state index in [2.05, 4.69) is 50.4 Å². The number of hydrogen-bond acceptors (Lipinski definition) is 1. The summed E-state index contributed by atoms with van der Waals surface area (Å²) in [4.78, 5) is 0. The van der Waals surface area contributed by atoms with Crippen LogP contribution >= 0.6 is 11.6 Å². The van der Waals surface area contributed by atoms with Crippen molar-refractivity contribution in [3.63, 3.8) is 0 Å². The average molecular weight is 302 g/mol. The lowest BCUT2D eigenvalue weighted by atomic mass is 9.87. The fraction of sp³-hybridized carbons (Fsp3) is 0.368. The van der Waals surface area contributed by atoms with Crippen molar-refractivity contribution in [3.05, 3.63) is 69.2 Å². The van der Waals surface area contributed by atoms with E-state index < -0.39 is 0 Å². The quantitative estimate of drug-likeness (QED) is 0.835. The highest BCUT2D eigenvalue weighted by Gasteiger charge is 2.17. The molecule has 0 aliphatic rings. The van der Waals surface area contributed by atoms with Crippen molar-refractivity contribution >= 4 is 11.6 Å². The van der Waals surface area contributed by atoms with Crippen LogP contribution < -0.4 is 5.32 Å². The summed E-state index contributed by atoms with van der Waals surface area (Å²) in [5, 5.41) is 4.17. The molecular formula is C19H24ClN. The van der Waals surface area contributed by atoms with Gasteiger partial charge in [-0.2, -0.15) is 0 Å². The van der Waals surface area contributed by atoms with Gasteiger partial charge in [0.05, 0.1) is 0 Å². The average Bonchev–Trinajstić information content (AvgIpc) is 2.42. The van der Waals surface area contributed by atoms with Crippen molar-refractivity contribution in [1.29, 1.82) is 0 Å². The molecule has 1 N–H and O–H groups in total. The minimum Gasteiger partial charge on any atom is -0.319 e. The molecule has 0 aliphatic heterocycles. The van der Waals surface area contributed by atoms with Gasteiger partial charge in [-0.15, -0.1) is 0 Å². The Morgan fingerprint density at radius 3 is 2.24 bits per heavy atom. The Kier molecular flexibility index (Phi) is 5.44. The van der Waals surface area contributed by atoms with Crippen LogP contribution in [0.2, 0.25) is 5.02 Å². The third kappa shape index (κ3) is 3.87. The van der Waals surface area contributed by atoms with E-state index in [1.54, 1.807) is 0 Å². The van der Waals surface area contributed by atoms with E-state index in [4.69, 9.17) is 11.6 Å². The van der Waals surface area contributed by atoms with E-state index in [1.807, 2.05) is 19.2 Å². The molecule has 2 aromatic carbocycles. The topological polar surface area (TPSA) is 12.0 Å². The molecule has 0 aliphatic carbocycles. The second kappa shape index (κ2) is 7.11. The van der Waals surface area contributed by atoms with Crippen LogP contribution in [-0.4, -0.2) is 13.6 Å². The van der Waals surface area contributed by atoms with Gasteiger partial charge in [-0.1, -0.05) is 47.5 Å². The number of aryl methyl sites for hydroxylation is 3. The summed E-state index contributed by atoms with van der Waals surface area (Å²) in [6.45, 7) is 7.50. The fourth-order valence-electron chi connectivity index (χ4n) is 3.12. The van der Waals surface area contributed by atoms with Gasteiger partial charge in [-0.05, 0) is 62.6 Å². The summed E-state index contributed by atoms with van der Waals surface area (Å²) in [6.07, 6.45) is 1.02. The number of halogens is 1. The largest absolute Gasteiger partial charge is 0.319 e. The Balaban J connectivity index is 2.36. The molecule has 2 rings (SSSR count). The normalized spacial score (nSPS) is 12.4. The molecule has 21 heavy (non-hydrogen) atoms. The van der Waals surface area contributed by atoms with Crippen LogP contribution in [0.5, 0.6) is 0 Å². The molecule has 0 amide bonds. The number of hydrogen-bond donors (Lipinski definition) is 1. The van der Waals surface area contributed by atoms with Crippen LogP contribution in [0, 0.1) is 20.8 Å². The number of benzene rings is 2. The molecule has 0 heterocycles. The highest BCUT2D eigenvalue weighted by Crippen LogP contribution is 2.29. The summed E-state index contributed by atoms with van der Waals surface area (Å²) in [5.41, 5.74) is 6.76. The van der Waals surface area contributed by atoms with Gasteiger partial charge in [0.25, 0.3) is 0 Å². The Morgan fingerprint density at radius 1 is 1.05 bits per heavy atom. The molecule has 0 bridgehead atoms. The summed E-state index contributed by atoms with van der Waals surface area (Å²) in [6, 6.07) is 12.7. The Bertz CT molecular complexity index is 596. The zero-order valence-electron chi connectivity index (χ0n) is 13.3. The lowest BCUT2D eigenvalue weighted by Gasteiger charge is -2.21. The molecule has 0 saturated carbocycles. The van der Waals surface area contributed by atoms with Gasteiger partial charge in [0.1, 0.15) is 0 Å². The van der Waals surface area contributed by atoms with Crippen molar-refractivity contribution in [3.8, 4) is 0 Å². The third-order valence-corrected chi connectivity index (χ3v) is 4.43. The molecule has 0 saturated heterocycles. The number of nitrogens with one attached hydrogen (secondary N) is 1. The first kappa shape index (κ1) is 16.1. The van der Waals surface area contributed by atoms with Crippen molar-refractivity contribution < 1.29 is 0 Å². The molecule has 0 aromatic heterocycles. The van der Waals surface area contributed by atoms with Gasteiger partial charge in [-0.3, -0.25) is 0 Å². The SMILES string of the molecule is CNCC(Cc1c(C)cc(C)cc1C)c1ccccc1Cl. The van der Waals surface area contributed by atoms with Crippen LogP contribution in [0.25, 0.3) is 0 Å². The van der Waals surface area contributed by atoms with Gasteiger partial charge < -0.3 is 5.32 Å². The van der Waals surface area contributed by atoms with Crippen LogP contribution in [0.4, 0.5) is 0 Å². The van der Waals surface area contributed by atoms with E-state index in [0.717, 1.165) is 18.0 Å². The van der Waals surface area contributed by atoms with Crippen molar-refractivity contribution in [1.82, 2.24) is 5.32 Å². The molecule has 112 valence electrons. The van der Waals surface area contributed by atoms with Crippen molar-refractivity contribution in [2.24, 2.45) is 0 Å². The second-order valence-electron chi connectivity index (χ2n) is 5.86. The van der Waals surface area contributed by atoms with E-state index >= 15 is 0 Å². The maximum absolute atomic E-state index is 6.40. The molecule has 0 radical (unpaired) electrons. The first-order chi connectivity index (χ1) is 10.0. The van der Waals surface area contributed by atoms with Gasteiger partial charge in [-0.25, -0.2) is 0 Å². The van der Waals surface area contributed by atoms with Crippen molar-refractivity contribution in [2.75, 3.05) is 13.6 Å². The minimum atomic E-state index is 0.392. The molecule has 2 aromatic rings. The monoisotopic (exact) mass is 301 g/mol. The van der Waals surface area contributed by atoms with Crippen LogP contribution in [0.3, 0.4) is 0 Å². The first-order valence-corrected chi connectivity index (χ1v) is 7.86. The molecule has 2 heteroatoms. The Hall–Kier alpha value is -1.31. The molecule has 0 spiro atoms. The Labute approximate surface area is 133 Å². The van der Waals surface area contributed by atoms with Gasteiger partial charge >= 0.3 is 0 Å². The summed E-state index contributed by atoms with van der Waals surface area (Å²) in [7, 11) is 2.00. The maximum Gasteiger partial charge on any atom is 0.0441 e. The third-order valence-electron chi connectivity index (χ3n) is 4.09. The highest BCUT2D eigenvalue weighted by molar-refractivity contribution is 6.31. The smallest absolute Gasteiger partial charge is 0.0441 e. The zero-order chi connectivity index (χ0) is 15.4. The van der Waals surface area contributed by atoms with E-state index in [-0.39, 0.29) is 0 Å². The minimum absolute atomic E-state index is 0.392. The maximum atomic E-state index is 6.40. The molecular weight excluding hydrogens is 278 g/mol. The van der Waals surface area contributed by atoms with E-state index in [1.165, 1.54) is 27.8 Å². The lowest BCUT2D eigenvalue weighted by Crippen LogP contribution is -2.20. The molecule has 1 nitrogen and oxygen atoms in total. The van der Waals surface area contributed by atoms with E-state index in [0.29, 0.717) is 5.92 Å². The van der Waals surface area contributed by atoms with E-state index in [9.17, 15) is 0 Å². The highest BCUT2D eigenvalue weighted by atomic mass is 35.5. The molecule has 1 atom stereocenters. The van der Waals surface area contributed by atoms with Crippen LogP contribution in [-0.2, 0) is 6.42 Å². The fourth-order valence-corrected chi connectivity index (χ4v) is 3.41. The Morgan fingerprint density at radius 2 is 1.67 bits per heavy atom. The molecule has 0 fully saturated rings. The van der Waals surface area contributed by atoms with Crippen LogP contribution in [0.1, 0.15) is 33.7 Å².